The van der Waals surface area contributed by atoms with Gasteiger partial charge in [-0.15, -0.1) is 0 Å². The summed E-state index contributed by atoms with van der Waals surface area (Å²) in [6.45, 7) is 2.82. The first-order valence-electron chi connectivity index (χ1n) is 9.25. The van der Waals surface area contributed by atoms with Gasteiger partial charge in [-0.25, -0.2) is 4.68 Å². The number of hydrogen-bond donors (Lipinski definition) is 4. The Morgan fingerprint density at radius 3 is 3.18 bits per heavy atom. The molecule has 2 aliphatic rings. The second-order valence-corrected chi connectivity index (χ2v) is 6.96. The summed E-state index contributed by atoms with van der Waals surface area (Å²) in [6, 6.07) is 3.90. The molecule has 0 spiro atoms. The van der Waals surface area contributed by atoms with Gasteiger partial charge in [0.05, 0.1) is 12.3 Å². The molecule has 2 atom stereocenters. The highest BCUT2D eigenvalue weighted by atomic mass is 16.5. The number of carbonyl (C=O) groups is 1. The molecule has 0 radical (unpaired) electrons. The molecule has 4 heterocycles. The molecule has 1 amide bonds. The lowest BCUT2D eigenvalue weighted by Gasteiger charge is -2.23. The van der Waals surface area contributed by atoms with Crippen LogP contribution in [0.5, 0.6) is 5.75 Å². The number of pyridine rings is 1. The van der Waals surface area contributed by atoms with E-state index in [0.29, 0.717) is 36.8 Å². The molecule has 2 aromatic heterocycles. The van der Waals surface area contributed by atoms with E-state index in [-0.39, 0.29) is 29.3 Å². The van der Waals surface area contributed by atoms with Gasteiger partial charge in [0.15, 0.2) is 5.82 Å². The van der Waals surface area contributed by atoms with Crippen LogP contribution in [0.2, 0.25) is 0 Å². The molecule has 1 saturated heterocycles. The van der Waals surface area contributed by atoms with Crippen LogP contribution in [0.3, 0.4) is 0 Å². The summed E-state index contributed by atoms with van der Waals surface area (Å²) in [5.41, 5.74) is 6.78. The predicted molar refractivity (Wildman–Crippen MR) is 103 cm³/mol. The van der Waals surface area contributed by atoms with Crippen molar-refractivity contribution in [3.63, 3.8) is 0 Å². The number of carbonyl (C=O) groups excluding carboxylic acids is 1. The molecule has 0 bridgehead atoms. The van der Waals surface area contributed by atoms with Crippen LogP contribution < -0.4 is 26.4 Å². The Balaban J connectivity index is 1.53. The summed E-state index contributed by atoms with van der Waals surface area (Å²) >= 11 is 0. The third-order valence-electron chi connectivity index (χ3n) is 4.91. The van der Waals surface area contributed by atoms with Crippen LogP contribution >= 0.6 is 0 Å². The Kier molecular flexibility index (Phi) is 4.99. The van der Waals surface area contributed by atoms with Crippen molar-refractivity contribution in [2.24, 2.45) is 5.92 Å². The van der Waals surface area contributed by atoms with Gasteiger partial charge in [0.25, 0.3) is 5.91 Å². The van der Waals surface area contributed by atoms with Crippen molar-refractivity contribution in [3.8, 4) is 11.8 Å². The average molecular weight is 382 g/mol. The Morgan fingerprint density at radius 2 is 2.39 bits per heavy atom. The van der Waals surface area contributed by atoms with Gasteiger partial charge in [-0.3, -0.25) is 9.78 Å². The predicted octanol–water partition coefficient (Wildman–Crippen LogP) is 0.809. The third kappa shape index (κ3) is 3.57. The summed E-state index contributed by atoms with van der Waals surface area (Å²) < 4.78 is 7.65. The average Bonchev–Trinajstić information content (AvgIpc) is 3.30. The van der Waals surface area contributed by atoms with Crippen LogP contribution in [0.15, 0.2) is 18.5 Å². The van der Waals surface area contributed by atoms with Crippen molar-refractivity contribution in [2.75, 3.05) is 36.0 Å². The minimum atomic E-state index is -0.382. The number of hydrogen-bond acceptors (Lipinski definition) is 8. The molecule has 2 aliphatic heterocycles. The van der Waals surface area contributed by atoms with Gasteiger partial charge < -0.3 is 26.4 Å². The zero-order chi connectivity index (χ0) is 19.5. The van der Waals surface area contributed by atoms with Gasteiger partial charge in [-0.1, -0.05) is 0 Å². The number of nitrogens with one attached hydrogen (secondary N) is 3. The molecule has 10 heteroatoms. The first-order chi connectivity index (χ1) is 13.7. The van der Waals surface area contributed by atoms with Crippen LogP contribution in [0.1, 0.15) is 23.2 Å². The lowest BCUT2D eigenvalue weighted by molar-refractivity contribution is 0.102. The zero-order valence-corrected chi connectivity index (χ0v) is 15.3. The Morgan fingerprint density at radius 1 is 1.50 bits per heavy atom. The van der Waals surface area contributed by atoms with Crippen LogP contribution in [0, 0.1) is 17.2 Å². The summed E-state index contributed by atoms with van der Waals surface area (Å²) in [4.78, 5) is 17.0. The number of nitriles is 1. The molecule has 146 valence electrons. The van der Waals surface area contributed by atoms with Crippen LogP contribution in [-0.4, -0.2) is 46.4 Å². The van der Waals surface area contributed by atoms with Crippen molar-refractivity contribution in [2.45, 2.75) is 25.5 Å². The van der Waals surface area contributed by atoms with Crippen LogP contribution in [0.4, 0.5) is 17.3 Å². The molecule has 5 N–H and O–H groups in total. The molecule has 0 saturated carbocycles. The molecule has 10 nitrogen and oxygen atoms in total. The van der Waals surface area contributed by atoms with Crippen LogP contribution in [-0.2, 0) is 6.54 Å². The van der Waals surface area contributed by atoms with Gasteiger partial charge in [-0.2, -0.15) is 10.4 Å². The summed E-state index contributed by atoms with van der Waals surface area (Å²) in [6.07, 6.45) is 4.57. The molecule has 2 aromatic rings. The number of rotatable bonds is 5. The minimum absolute atomic E-state index is 0.0609. The van der Waals surface area contributed by atoms with Gasteiger partial charge in [0, 0.05) is 44.2 Å². The highest BCUT2D eigenvalue weighted by Crippen LogP contribution is 2.30. The van der Waals surface area contributed by atoms with Crippen molar-refractivity contribution < 1.29 is 9.53 Å². The summed E-state index contributed by atoms with van der Waals surface area (Å²) in [7, 11) is 0. The van der Waals surface area contributed by atoms with Gasteiger partial charge in [-0.05, 0) is 13.0 Å². The number of anilines is 3. The Labute approximate surface area is 162 Å². The lowest BCUT2D eigenvalue weighted by atomic mass is 10.0. The molecular formula is C18H22N8O2. The molecule has 28 heavy (non-hydrogen) atoms. The first-order valence-corrected chi connectivity index (χ1v) is 9.25. The van der Waals surface area contributed by atoms with E-state index in [1.807, 2.05) is 0 Å². The fourth-order valence-electron chi connectivity index (χ4n) is 3.50. The number of aromatic nitrogens is 3. The fourth-order valence-corrected chi connectivity index (χ4v) is 3.50. The topological polar surface area (TPSA) is 143 Å². The standard InChI is InChI=1S/C18H22N8O2/c19-4-1-11-7-23-17-15(16(20)25-26(17)10-11)18(27)24-13-9-22-6-3-14(13)28-12-2-5-21-8-12/h3,6,9,11-12,21,23H,1-2,5,7-8,10H2,(H2,20,25)(H,24,27)/t11?,12-/m1/s1. The molecule has 1 fully saturated rings. The second-order valence-electron chi connectivity index (χ2n) is 6.96. The maximum absolute atomic E-state index is 12.9. The van der Waals surface area contributed by atoms with E-state index >= 15 is 0 Å². The van der Waals surface area contributed by atoms with Gasteiger partial charge >= 0.3 is 0 Å². The van der Waals surface area contributed by atoms with Crippen LogP contribution in [0.25, 0.3) is 0 Å². The Bertz CT molecular complexity index is 913. The van der Waals surface area contributed by atoms with Crippen molar-refractivity contribution >= 4 is 23.2 Å². The zero-order valence-electron chi connectivity index (χ0n) is 15.3. The number of nitrogens with two attached hydrogens (primary N) is 1. The number of fused-ring (bicyclic) bond motifs is 1. The largest absolute Gasteiger partial charge is 0.487 e. The van der Waals surface area contributed by atoms with E-state index in [2.05, 4.69) is 32.1 Å². The monoisotopic (exact) mass is 382 g/mol. The highest BCUT2D eigenvalue weighted by molar-refractivity contribution is 6.11. The lowest BCUT2D eigenvalue weighted by Crippen LogP contribution is -2.29. The first kappa shape index (κ1) is 18.1. The van der Waals surface area contributed by atoms with Gasteiger partial charge in [0.2, 0.25) is 0 Å². The summed E-state index contributed by atoms with van der Waals surface area (Å²) in [5.74, 6) is 1.02. The quantitative estimate of drug-likeness (QED) is 0.595. The molecule has 0 aliphatic carbocycles. The maximum Gasteiger partial charge on any atom is 0.263 e. The summed E-state index contributed by atoms with van der Waals surface area (Å²) in [5, 5.41) is 22.4. The number of ether oxygens (including phenoxy) is 1. The highest BCUT2D eigenvalue weighted by Gasteiger charge is 2.28. The number of nitrogen functional groups attached to an aromatic ring is 1. The SMILES string of the molecule is N#CCC1CNc2c(C(=O)Nc3cnccc3O[C@@H]3CCNC3)c(N)nn2C1. The van der Waals surface area contributed by atoms with Crippen molar-refractivity contribution in [1.29, 1.82) is 5.26 Å². The van der Waals surface area contributed by atoms with Crippen molar-refractivity contribution in [3.05, 3.63) is 24.0 Å². The van der Waals surface area contributed by atoms with E-state index in [9.17, 15) is 4.79 Å². The normalized spacial score (nSPS) is 20.7. The molecule has 1 unspecified atom stereocenters. The second kappa shape index (κ2) is 7.74. The van der Waals surface area contributed by atoms with E-state index in [1.165, 1.54) is 0 Å². The van der Waals surface area contributed by atoms with Crippen molar-refractivity contribution in [1.82, 2.24) is 20.1 Å². The third-order valence-corrected chi connectivity index (χ3v) is 4.91. The molecule has 0 aromatic carbocycles. The van der Waals surface area contributed by atoms with E-state index in [4.69, 9.17) is 15.7 Å². The van der Waals surface area contributed by atoms with E-state index in [1.54, 1.807) is 23.1 Å². The molecule has 4 rings (SSSR count). The molecular weight excluding hydrogens is 360 g/mol. The Hall–Kier alpha value is -3.32. The maximum atomic E-state index is 12.9. The fraction of sp³-hybridized carbons (Fsp3) is 0.444. The van der Waals surface area contributed by atoms with Gasteiger partial charge in [0.1, 0.15) is 28.9 Å². The number of nitrogens with zero attached hydrogens (tertiary/aromatic N) is 4. The smallest absolute Gasteiger partial charge is 0.263 e. The minimum Gasteiger partial charge on any atom is -0.487 e. The van der Waals surface area contributed by atoms with E-state index in [0.717, 1.165) is 19.5 Å². The number of amides is 1. The van der Waals surface area contributed by atoms with E-state index < -0.39 is 0 Å².